The molecule has 1 N–H and O–H groups in total. The van der Waals surface area contributed by atoms with Gasteiger partial charge in [0.2, 0.25) is 0 Å². The third-order valence-corrected chi connectivity index (χ3v) is 7.99. The Morgan fingerprint density at radius 3 is 2.49 bits per heavy atom. The third-order valence-electron chi connectivity index (χ3n) is 6.27. The number of carbonyl (C=O) groups excluding carboxylic acids is 1. The molecule has 198 valence electrons. The average Bonchev–Trinajstić information content (AvgIpc) is 3.52. The monoisotopic (exact) mass is 560 g/mol. The van der Waals surface area contributed by atoms with Crippen LogP contribution in [0.25, 0.3) is 17.4 Å². The highest BCUT2D eigenvalue weighted by Crippen LogP contribution is 2.31. The molecule has 0 saturated carbocycles. The van der Waals surface area contributed by atoms with E-state index in [-0.39, 0.29) is 17.7 Å². The summed E-state index contributed by atoms with van der Waals surface area (Å²) >= 11 is 2.82. The summed E-state index contributed by atoms with van der Waals surface area (Å²) in [7, 11) is 0. The number of carboxylic acids is 1. The second kappa shape index (κ2) is 10.9. The summed E-state index contributed by atoms with van der Waals surface area (Å²) in [6.45, 7) is 3.70. The van der Waals surface area contributed by atoms with Gasteiger partial charge in [-0.05, 0) is 62.1 Å². The smallest absolute Gasteiger partial charge is 0.338 e. The van der Waals surface area contributed by atoms with Crippen LogP contribution in [-0.2, 0) is 9.53 Å². The van der Waals surface area contributed by atoms with Gasteiger partial charge in [0.05, 0.1) is 34.0 Å². The Morgan fingerprint density at radius 2 is 1.85 bits per heavy atom. The van der Waals surface area contributed by atoms with E-state index in [4.69, 9.17) is 14.3 Å². The molecule has 0 amide bonds. The highest BCUT2D eigenvalue weighted by Gasteiger charge is 2.33. The maximum Gasteiger partial charge on any atom is 0.338 e. The van der Waals surface area contributed by atoms with Gasteiger partial charge in [-0.15, -0.1) is 11.8 Å². The van der Waals surface area contributed by atoms with Crippen LogP contribution in [0, 0.1) is 0 Å². The number of benzene rings is 2. The molecule has 3 heterocycles. The number of carboxylic acid groups (broad SMARTS) is 1. The summed E-state index contributed by atoms with van der Waals surface area (Å²) in [4.78, 5) is 44.0. The van der Waals surface area contributed by atoms with Gasteiger partial charge in [-0.3, -0.25) is 9.36 Å². The summed E-state index contributed by atoms with van der Waals surface area (Å²) in [5.41, 5.74) is 2.22. The molecule has 0 aliphatic carbocycles. The zero-order valence-electron chi connectivity index (χ0n) is 21.3. The number of carbonyl (C=O) groups is 2. The minimum atomic E-state index is -1.00. The van der Waals surface area contributed by atoms with Gasteiger partial charge in [0, 0.05) is 16.5 Å². The van der Waals surface area contributed by atoms with Crippen molar-refractivity contribution >= 4 is 41.1 Å². The van der Waals surface area contributed by atoms with E-state index in [0.717, 1.165) is 10.5 Å². The number of hydrogen-bond donors (Lipinski definition) is 1. The molecule has 1 unspecified atom stereocenters. The Balaban J connectivity index is 1.59. The third kappa shape index (κ3) is 5.13. The molecule has 0 fully saturated rings. The molecule has 0 saturated heterocycles. The van der Waals surface area contributed by atoms with E-state index in [1.165, 1.54) is 23.5 Å². The van der Waals surface area contributed by atoms with Crippen LogP contribution in [-0.4, -0.2) is 34.5 Å². The lowest BCUT2D eigenvalue weighted by molar-refractivity contribution is -0.139. The molecule has 0 bridgehead atoms. The van der Waals surface area contributed by atoms with Crippen molar-refractivity contribution in [2.75, 3.05) is 12.9 Å². The summed E-state index contributed by atoms with van der Waals surface area (Å²) in [5, 5.41) is 9.12. The number of rotatable bonds is 7. The standard InChI is InChI=1S/C29H24N2O6S2/c1-4-36-28(35)24-16(2)30-29-31(25(24)18-9-12-21(38-3)13-10-18)26(32)23(39-29)15-20-11-14-22(37-20)17-5-7-19(8-6-17)27(33)34/h5-15,25H,4H2,1-3H3,(H,33,34)/b23-15-. The number of aromatic nitrogens is 1. The van der Waals surface area contributed by atoms with Crippen molar-refractivity contribution in [3.63, 3.8) is 0 Å². The average molecular weight is 561 g/mol. The Labute approximate surface area is 231 Å². The van der Waals surface area contributed by atoms with Crippen molar-refractivity contribution in [3.05, 3.63) is 109 Å². The maximum absolute atomic E-state index is 13.7. The van der Waals surface area contributed by atoms with E-state index in [9.17, 15) is 14.4 Å². The van der Waals surface area contributed by atoms with Gasteiger partial charge >= 0.3 is 11.9 Å². The van der Waals surface area contributed by atoms with Crippen molar-refractivity contribution in [2.45, 2.75) is 24.8 Å². The molecule has 1 aliphatic heterocycles. The molecule has 8 nitrogen and oxygen atoms in total. The lowest BCUT2D eigenvalue weighted by Gasteiger charge is -2.24. The van der Waals surface area contributed by atoms with Crippen LogP contribution in [0.1, 0.15) is 41.6 Å². The first-order valence-electron chi connectivity index (χ1n) is 12.1. The lowest BCUT2D eigenvalue weighted by atomic mass is 9.96. The molecule has 39 heavy (non-hydrogen) atoms. The molecule has 1 aliphatic rings. The van der Waals surface area contributed by atoms with Crippen LogP contribution in [0.5, 0.6) is 0 Å². The Hall–Kier alpha value is -4.15. The minimum absolute atomic E-state index is 0.182. The number of thiazole rings is 1. The number of esters is 1. The fourth-order valence-corrected chi connectivity index (χ4v) is 5.82. The SMILES string of the molecule is CCOC(=O)C1=C(C)N=c2s/c(=C\c3ccc(-c4ccc(C(=O)O)cc4)o3)c(=O)n2C1c1ccc(SC)cc1. The van der Waals surface area contributed by atoms with Crippen molar-refractivity contribution in [3.8, 4) is 11.3 Å². The number of allylic oxidation sites excluding steroid dienone is 1. The van der Waals surface area contributed by atoms with E-state index >= 15 is 0 Å². The lowest BCUT2D eigenvalue weighted by Crippen LogP contribution is -2.39. The molecular weight excluding hydrogens is 536 g/mol. The van der Waals surface area contributed by atoms with Crippen molar-refractivity contribution in [1.29, 1.82) is 0 Å². The molecule has 0 radical (unpaired) electrons. The zero-order chi connectivity index (χ0) is 27.7. The highest BCUT2D eigenvalue weighted by molar-refractivity contribution is 7.98. The number of fused-ring (bicyclic) bond motifs is 1. The van der Waals surface area contributed by atoms with Crippen molar-refractivity contribution in [1.82, 2.24) is 4.57 Å². The Bertz CT molecular complexity index is 1780. The molecular formula is C29H24N2O6S2. The molecule has 4 aromatic rings. The van der Waals surface area contributed by atoms with E-state index in [0.29, 0.717) is 37.7 Å². The van der Waals surface area contributed by atoms with Crippen LogP contribution in [0.2, 0.25) is 0 Å². The first kappa shape index (κ1) is 26.5. The molecule has 1 atom stereocenters. The molecule has 10 heteroatoms. The fourth-order valence-electron chi connectivity index (χ4n) is 4.38. The molecule has 2 aromatic carbocycles. The zero-order valence-corrected chi connectivity index (χ0v) is 23.0. The largest absolute Gasteiger partial charge is 0.478 e. The van der Waals surface area contributed by atoms with Crippen LogP contribution in [0.3, 0.4) is 0 Å². The molecule has 0 spiro atoms. The Morgan fingerprint density at radius 1 is 1.13 bits per heavy atom. The number of ether oxygens (including phenoxy) is 1. The van der Waals surface area contributed by atoms with Crippen LogP contribution in [0.4, 0.5) is 0 Å². The van der Waals surface area contributed by atoms with Gasteiger partial charge in [0.15, 0.2) is 4.80 Å². The van der Waals surface area contributed by atoms with E-state index < -0.39 is 18.0 Å². The van der Waals surface area contributed by atoms with E-state index in [1.54, 1.807) is 60.5 Å². The quantitative estimate of drug-likeness (QED) is 0.262. The summed E-state index contributed by atoms with van der Waals surface area (Å²) in [5.74, 6) is -0.508. The van der Waals surface area contributed by atoms with Crippen LogP contribution < -0.4 is 14.9 Å². The van der Waals surface area contributed by atoms with Gasteiger partial charge in [-0.2, -0.15) is 0 Å². The number of hydrogen-bond acceptors (Lipinski definition) is 8. The topological polar surface area (TPSA) is 111 Å². The van der Waals surface area contributed by atoms with E-state index in [1.807, 2.05) is 30.5 Å². The van der Waals surface area contributed by atoms with Crippen LogP contribution >= 0.6 is 23.1 Å². The summed E-state index contributed by atoms with van der Waals surface area (Å²) in [6, 6.07) is 16.9. The minimum Gasteiger partial charge on any atom is -0.478 e. The van der Waals surface area contributed by atoms with Crippen molar-refractivity contribution < 1.29 is 23.8 Å². The number of nitrogens with zero attached hydrogens (tertiary/aromatic N) is 2. The molecule has 2 aromatic heterocycles. The Kier molecular flexibility index (Phi) is 7.40. The molecule has 5 rings (SSSR count). The van der Waals surface area contributed by atoms with Gasteiger partial charge in [-0.1, -0.05) is 35.6 Å². The predicted molar refractivity (Wildman–Crippen MR) is 150 cm³/mol. The number of thioether (sulfide) groups is 1. The summed E-state index contributed by atoms with van der Waals surface area (Å²) < 4.78 is 13.2. The second-order valence-electron chi connectivity index (χ2n) is 8.66. The second-order valence-corrected chi connectivity index (χ2v) is 10.5. The maximum atomic E-state index is 13.7. The number of furan rings is 1. The summed E-state index contributed by atoms with van der Waals surface area (Å²) in [6.07, 6.45) is 3.63. The van der Waals surface area contributed by atoms with Crippen LogP contribution in [0.15, 0.2) is 91.0 Å². The highest BCUT2D eigenvalue weighted by atomic mass is 32.2. The van der Waals surface area contributed by atoms with Crippen molar-refractivity contribution in [2.24, 2.45) is 4.99 Å². The first-order chi connectivity index (χ1) is 18.8. The fraction of sp³-hybridized carbons (Fsp3) is 0.172. The van der Waals surface area contributed by atoms with Gasteiger partial charge < -0.3 is 14.3 Å². The van der Waals surface area contributed by atoms with Gasteiger partial charge in [0.25, 0.3) is 5.56 Å². The van der Waals surface area contributed by atoms with E-state index in [2.05, 4.69) is 4.99 Å². The predicted octanol–water partition coefficient (Wildman–Crippen LogP) is 4.48. The van der Waals surface area contributed by atoms with Gasteiger partial charge in [0.1, 0.15) is 11.5 Å². The van der Waals surface area contributed by atoms with Gasteiger partial charge in [-0.25, -0.2) is 14.6 Å². The normalized spacial score (nSPS) is 15.2. The number of aromatic carboxylic acids is 1. The first-order valence-corrected chi connectivity index (χ1v) is 14.1.